The van der Waals surface area contributed by atoms with Crippen LogP contribution in [-0.2, 0) is 5.41 Å². The fraction of sp³-hybridized carbons (Fsp3) is 0.0169. The summed E-state index contributed by atoms with van der Waals surface area (Å²) in [5.41, 5.74) is 16.3. The average Bonchev–Trinajstić information content (AvgIpc) is 3.85. The van der Waals surface area contributed by atoms with Gasteiger partial charge in [-0.2, -0.15) is 0 Å². The van der Waals surface area contributed by atoms with E-state index in [1.807, 2.05) is 0 Å². The van der Waals surface area contributed by atoms with Gasteiger partial charge >= 0.3 is 0 Å². The number of fused-ring (bicyclic) bond motifs is 8. The molecule has 2 heteroatoms. The van der Waals surface area contributed by atoms with Crippen LogP contribution >= 0.6 is 0 Å². The summed E-state index contributed by atoms with van der Waals surface area (Å²) in [4.78, 5) is 2.48. The van der Waals surface area contributed by atoms with Crippen LogP contribution in [0.25, 0.3) is 60.5 Å². The van der Waals surface area contributed by atoms with Crippen molar-refractivity contribution in [3.63, 3.8) is 0 Å². The van der Waals surface area contributed by atoms with Gasteiger partial charge in [0.2, 0.25) is 0 Å². The highest BCUT2D eigenvalue weighted by Gasteiger charge is 2.47. The van der Waals surface area contributed by atoms with Crippen LogP contribution in [0.1, 0.15) is 22.3 Å². The van der Waals surface area contributed by atoms with Crippen molar-refractivity contribution in [3.05, 3.63) is 265 Å². The van der Waals surface area contributed by atoms with E-state index in [1.54, 1.807) is 0 Å². The highest BCUT2D eigenvalue weighted by Crippen LogP contribution is 2.59. The van der Waals surface area contributed by atoms with E-state index < -0.39 is 5.41 Å². The van der Waals surface area contributed by atoms with Crippen molar-refractivity contribution in [1.29, 1.82) is 0 Å². The molecule has 1 heterocycles. The van der Waals surface area contributed by atoms with Crippen LogP contribution < -0.4 is 4.90 Å². The topological polar surface area (TPSA) is 8.17 Å². The van der Waals surface area contributed by atoms with Gasteiger partial charge in [-0.05, 0) is 92.9 Å². The van der Waals surface area contributed by atoms with Gasteiger partial charge < -0.3 is 9.47 Å². The number of hydrogen-bond donors (Lipinski definition) is 0. The summed E-state index contributed by atoms with van der Waals surface area (Å²) in [5.74, 6) is 0. The largest absolute Gasteiger partial charge is 0.310 e. The molecule has 286 valence electrons. The van der Waals surface area contributed by atoms with Crippen molar-refractivity contribution in [2.24, 2.45) is 0 Å². The predicted octanol–water partition coefficient (Wildman–Crippen LogP) is 15.4. The molecule has 2 nitrogen and oxygen atoms in total. The lowest BCUT2D eigenvalue weighted by molar-refractivity contribution is 0.768. The molecule has 0 unspecified atom stereocenters. The first-order valence-electron chi connectivity index (χ1n) is 21.1. The lowest BCUT2D eigenvalue weighted by Crippen LogP contribution is -2.28. The Balaban J connectivity index is 1.19. The van der Waals surface area contributed by atoms with Crippen LogP contribution in [0.15, 0.2) is 243 Å². The molecule has 1 aromatic heterocycles. The van der Waals surface area contributed by atoms with Crippen LogP contribution in [0.3, 0.4) is 0 Å². The Kier molecular flexibility index (Phi) is 8.11. The van der Waals surface area contributed by atoms with Crippen LogP contribution in [0.5, 0.6) is 0 Å². The second kappa shape index (κ2) is 14.1. The third kappa shape index (κ3) is 5.29. The van der Waals surface area contributed by atoms with Gasteiger partial charge in [0.05, 0.1) is 22.1 Å². The lowest BCUT2D eigenvalue weighted by atomic mass is 9.68. The first kappa shape index (κ1) is 35.0. The molecule has 0 bridgehead atoms. The average molecular weight is 777 g/mol. The molecule has 10 aromatic carbocycles. The number of aromatic nitrogens is 1. The number of para-hydroxylation sites is 2. The second-order valence-electron chi connectivity index (χ2n) is 16.0. The Morgan fingerprint density at radius 1 is 0.393 bits per heavy atom. The molecular formula is C59H40N2. The summed E-state index contributed by atoms with van der Waals surface area (Å²) < 4.78 is 2.49. The smallest absolute Gasteiger partial charge is 0.0714 e. The van der Waals surface area contributed by atoms with E-state index in [9.17, 15) is 0 Å². The molecule has 0 radical (unpaired) electrons. The maximum atomic E-state index is 2.49. The summed E-state index contributed by atoms with van der Waals surface area (Å²) in [6, 6.07) is 89.0. The van der Waals surface area contributed by atoms with Gasteiger partial charge in [-0.25, -0.2) is 0 Å². The first-order chi connectivity index (χ1) is 30.3. The van der Waals surface area contributed by atoms with Gasteiger partial charge in [-0.3, -0.25) is 0 Å². The van der Waals surface area contributed by atoms with Crippen molar-refractivity contribution >= 4 is 49.6 Å². The summed E-state index contributed by atoms with van der Waals surface area (Å²) in [7, 11) is 0. The molecule has 0 fully saturated rings. The van der Waals surface area contributed by atoms with E-state index in [2.05, 4.69) is 252 Å². The van der Waals surface area contributed by atoms with E-state index in [0.717, 1.165) is 28.3 Å². The minimum absolute atomic E-state index is 0.509. The Hall–Kier alpha value is -7.94. The van der Waals surface area contributed by atoms with Crippen LogP contribution in [0, 0.1) is 0 Å². The first-order valence-corrected chi connectivity index (χ1v) is 21.1. The maximum Gasteiger partial charge on any atom is 0.0714 e. The molecule has 12 rings (SSSR count). The summed E-state index contributed by atoms with van der Waals surface area (Å²) in [6.45, 7) is 0. The zero-order chi connectivity index (χ0) is 40.3. The quantitative estimate of drug-likeness (QED) is 0.156. The SMILES string of the molecule is c1ccc(-c2cc3ccccc3c3c2c2ccc(N(c4ccccc4)c4cccc5c4-c4ccccc4C5(c4ccccc4)c4ccccc4)cc2n3-c2ccccc2)cc1. The summed E-state index contributed by atoms with van der Waals surface area (Å²) in [5, 5.41) is 4.93. The van der Waals surface area contributed by atoms with Crippen molar-refractivity contribution in [2.75, 3.05) is 4.90 Å². The van der Waals surface area contributed by atoms with Crippen LogP contribution in [0.2, 0.25) is 0 Å². The zero-order valence-corrected chi connectivity index (χ0v) is 33.5. The van der Waals surface area contributed by atoms with Gasteiger partial charge in [-0.1, -0.05) is 194 Å². The molecular weight excluding hydrogens is 737 g/mol. The van der Waals surface area contributed by atoms with Crippen LogP contribution in [0.4, 0.5) is 17.1 Å². The molecule has 11 aromatic rings. The molecule has 61 heavy (non-hydrogen) atoms. The van der Waals surface area contributed by atoms with Crippen molar-refractivity contribution in [2.45, 2.75) is 5.41 Å². The lowest BCUT2D eigenvalue weighted by Gasteiger charge is -2.34. The summed E-state index contributed by atoms with van der Waals surface area (Å²) in [6.07, 6.45) is 0. The Morgan fingerprint density at radius 2 is 0.984 bits per heavy atom. The molecule has 0 saturated carbocycles. The Labute approximate surface area is 355 Å². The van der Waals surface area contributed by atoms with E-state index in [0.29, 0.717) is 0 Å². The van der Waals surface area contributed by atoms with E-state index in [-0.39, 0.29) is 0 Å². The number of hydrogen-bond acceptors (Lipinski definition) is 1. The van der Waals surface area contributed by atoms with E-state index >= 15 is 0 Å². The number of benzene rings is 10. The summed E-state index contributed by atoms with van der Waals surface area (Å²) >= 11 is 0. The van der Waals surface area contributed by atoms with Gasteiger partial charge in [-0.15, -0.1) is 0 Å². The third-order valence-corrected chi connectivity index (χ3v) is 12.8. The fourth-order valence-electron chi connectivity index (χ4n) is 10.4. The van der Waals surface area contributed by atoms with Crippen molar-refractivity contribution in [3.8, 4) is 27.9 Å². The van der Waals surface area contributed by atoms with Gasteiger partial charge in [0.25, 0.3) is 0 Å². The maximum absolute atomic E-state index is 2.49. The molecule has 0 atom stereocenters. The molecule has 0 spiro atoms. The normalized spacial score (nSPS) is 12.7. The Bertz CT molecular complexity index is 3350. The second-order valence-corrected chi connectivity index (χ2v) is 16.0. The van der Waals surface area contributed by atoms with Crippen LogP contribution in [-0.4, -0.2) is 4.57 Å². The number of nitrogens with zero attached hydrogens (tertiary/aromatic N) is 2. The minimum Gasteiger partial charge on any atom is -0.310 e. The van der Waals surface area contributed by atoms with E-state index in [4.69, 9.17) is 0 Å². The number of rotatable bonds is 7. The molecule has 1 aliphatic rings. The Morgan fingerprint density at radius 3 is 1.70 bits per heavy atom. The fourth-order valence-corrected chi connectivity index (χ4v) is 10.4. The minimum atomic E-state index is -0.509. The van der Waals surface area contributed by atoms with Crippen molar-refractivity contribution in [1.82, 2.24) is 4.57 Å². The van der Waals surface area contributed by atoms with Gasteiger partial charge in [0.15, 0.2) is 0 Å². The molecule has 0 saturated heterocycles. The standard InChI is InChI=1S/C59H40N2/c1-6-21-41(22-7-1)51-39-42-23-16-17-32-48(42)58-56(51)50-38-37-47(40-55(50)61(58)46-30-14-5-15-31-46)60(45-28-12-4-13-29-45)54-36-20-35-53-57(54)49-33-18-19-34-52(49)59(53,43-24-8-2-9-25-43)44-26-10-3-11-27-44/h1-40H. The zero-order valence-electron chi connectivity index (χ0n) is 33.5. The third-order valence-electron chi connectivity index (χ3n) is 12.8. The van der Waals surface area contributed by atoms with Crippen molar-refractivity contribution < 1.29 is 0 Å². The highest BCUT2D eigenvalue weighted by molar-refractivity contribution is 6.24. The molecule has 0 aliphatic heterocycles. The highest BCUT2D eigenvalue weighted by atomic mass is 15.1. The van der Waals surface area contributed by atoms with Gasteiger partial charge in [0, 0.05) is 38.8 Å². The molecule has 0 amide bonds. The predicted molar refractivity (Wildman–Crippen MR) is 256 cm³/mol. The monoisotopic (exact) mass is 776 g/mol. The molecule has 0 N–H and O–H groups in total. The molecule has 1 aliphatic carbocycles. The van der Waals surface area contributed by atoms with Gasteiger partial charge in [0.1, 0.15) is 0 Å². The van der Waals surface area contributed by atoms with E-state index in [1.165, 1.54) is 71.6 Å². The number of anilines is 3.